The highest BCUT2D eigenvalue weighted by Gasteiger charge is 2.10. The summed E-state index contributed by atoms with van der Waals surface area (Å²) in [5.41, 5.74) is 2.68. The van der Waals surface area contributed by atoms with Gasteiger partial charge in [-0.2, -0.15) is 0 Å². The van der Waals surface area contributed by atoms with Gasteiger partial charge < -0.3 is 10.1 Å². The van der Waals surface area contributed by atoms with Crippen LogP contribution >= 0.6 is 0 Å². The van der Waals surface area contributed by atoms with Crippen LogP contribution in [0.25, 0.3) is 10.8 Å². The average molecular weight is 333 g/mol. The summed E-state index contributed by atoms with van der Waals surface area (Å²) in [4.78, 5) is 23.9. The van der Waals surface area contributed by atoms with E-state index in [1.807, 2.05) is 73.7 Å². The fourth-order valence-electron chi connectivity index (χ4n) is 2.63. The molecular formula is C21H19NO3. The Morgan fingerprint density at radius 1 is 0.920 bits per heavy atom. The first kappa shape index (κ1) is 16.7. The number of nitrogens with one attached hydrogen (secondary N) is 1. The Bertz CT molecular complexity index is 895. The molecule has 0 saturated carbocycles. The van der Waals surface area contributed by atoms with Crippen LogP contribution in [0.2, 0.25) is 0 Å². The zero-order valence-electron chi connectivity index (χ0n) is 14.0. The molecule has 126 valence electrons. The number of ether oxygens (including phenoxy) is 1. The van der Waals surface area contributed by atoms with Crippen LogP contribution in [0, 0.1) is 6.92 Å². The third-order valence-electron chi connectivity index (χ3n) is 3.91. The van der Waals surface area contributed by atoms with Crippen molar-refractivity contribution in [1.29, 1.82) is 0 Å². The van der Waals surface area contributed by atoms with Crippen LogP contribution in [0.4, 0.5) is 5.69 Å². The van der Waals surface area contributed by atoms with Gasteiger partial charge in [-0.05, 0) is 35.4 Å². The van der Waals surface area contributed by atoms with Gasteiger partial charge in [-0.25, -0.2) is 0 Å². The van der Waals surface area contributed by atoms with E-state index in [1.54, 1.807) is 0 Å². The van der Waals surface area contributed by atoms with E-state index in [4.69, 9.17) is 4.74 Å². The summed E-state index contributed by atoms with van der Waals surface area (Å²) < 4.78 is 5.10. The number of fused-ring (bicyclic) bond motifs is 1. The van der Waals surface area contributed by atoms with E-state index in [0.717, 1.165) is 21.9 Å². The molecule has 0 fully saturated rings. The molecule has 0 spiro atoms. The molecule has 0 unspecified atom stereocenters. The maximum absolute atomic E-state index is 12.1. The Hall–Kier alpha value is -3.14. The summed E-state index contributed by atoms with van der Waals surface area (Å²) in [6, 6.07) is 21.1. The summed E-state index contributed by atoms with van der Waals surface area (Å²) in [7, 11) is 0. The number of rotatable bonds is 5. The zero-order valence-corrected chi connectivity index (χ0v) is 14.0. The van der Waals surface area contributed by atoms with Gasteiger partial charge in [-0.3, -0.25) is 9.59 Å². The third kappa shape index (κ3) is 4.44. The van der Waals surface area contributed by atoms with Crippen molar-refractivity contribution in [3.05, 3.63) is 77.9 Å². The van der Waals surface area contributed by atoms with Crippen molar-refractivity contribution in [2.45, 2.75) is 13.3 Å². The molecule has 0 atom stereocenters. The van der Waals surface area contributed by atoms with Crippen molar-refractivity contribution in [2.75, 3.05) is 11.9 Å². The number of anilines is 1. The Morgan fingerprint density at radius 2 is 1.64 bits per heavy atom. The van der Waals surface area contributed by atoms with Gasteiger partial charge in [0.05, 0.1) is 6.42 Å². The predicted molar refractivity (Wildman–Crippen MR) is 98.4 cm³/mol. The fraction of sp³-hybridized carbons (Fsp3) is 0.143. The van der Waals surface area contributed by atoms with Crippen LogP contribution in [-0.4, -0.2) is 18.5 Å². The molecule has 0 heterocycles. The minimum absolute atomic E-state index is 0.138. The molecule has 0 radical (unpaired) electrons. The molecule has 0 saturated heterocycles. The molecule has 0 bridgehead atoms. The molecule has 0 aliphatic heterocycles. The normalized spacial score (nSPS) is 10.4. The summed E-state index contributed by atoms with van der Waals surface area (Å²) in [5.74, 6) is -0.773. The number of amides is 1. The molecule has 0 aliphatic carbocycles. The van der Waals surface area contributed by atoms with E-state index in [0.29, 0.717) is 5.69 Å². The van der Waals surface area contributed by atoms with Gasteiger partial charge in [-0.1, -0.05) is 60.2 Å². The molecule has 0 aliphatic rings. The van der Waals surface area contributed by atoms with Crippen LogP contribution in [-0.2, 0) is 20.7 Å². The molecule has 25 heavy (non-hydrogen) atoms. The highest BCUT2D eigenvalue weighted by atomic mass is 16.5. The zero-order chi connectivity index (χ0) is 17.6. The van der Waals surface area contributed by atoms with Crippen molar-refractivity contribution in [2.24, 2.45) is 0 Å². The highest BCUT2D eigenvalue weighted by molar-refractivity contribution is 5.93. The number of aryl methyl sites for hydroxylation is 1. The van der Waals surface area contributed by atoms with Gasteiger partial charge in [0.1, 0.15) is 0 Å². The average Bonchev–Trinajstić information content (AvgIpc) is 2.62. The largest absolute Gasteiger partial charge is 0.455 e. The van der Waals surface area contributed by atoms with Crippen molar-refractivity contribution < 1.29 is 14.3 Å². The van der Waals surface area contributed by atoms with Crippen LogP contribution in [0.1, 0.15) is 11.1 Å². The molecule has 0 aromatic heterocycles. The van der Waals surface area contributed by atoms with E-state index in [2.05, 4.69) is 5.32 Å². The second kappa shape index (κ2) is 7.62. The number of hydrogen-bond acceptors (Lipinski definition) is 3. The molecule has 1 N–H and O–H groups in total. The van der Waals surface area contributed by atoms with E-state index in [-0.39, 0.29) is 18.9 Å². The predicted octanol–water partition coefficient (Wildman–Crippen LogP) is 3.87. The first-order valence-electron chi connectivity index (χ1n) is 8.10. The van der Waals surface area contributed by atoms with Gasteiger partial charge in [0.25, 0.3) is 5.91 Å². The van der Waals surface area contributed by atoms with Crippen LogP contribution in [0.15, 0.2) is 66.7 Å². The molecule has 4 nitrogen and oxygen atoms in total. The number of hydrogen-bond donors (Lipinski definition) is 1. The smallest absolute Gasteiger partial charge is 0.310 e. The summed E-state index contributed by atoms with van der Waals surface area (Å²) in [6.45, 7) is 1.68. The number of benzene rings is 3. The molecule has 1 amide bonds. The number of esters is 1. The Balaban J connectivity index is 1.55. The number of carbonyl (C=O) groups is 2. The summed E-state index contributed by atoms with van der Waals surface area (Å²) >= 11 is 0. The van der Waals surface area contributed by atoms with Crippen molar-refractivity contribution in [3.63, 3.8) is 0 Å². The lowest BCUT2D eigenvalue weighted by Crippen LogP contribution is -2.21. The molecule has 3 aromatic rings. The second-order valence-corrected chi connectivity index (χ2v) is 5.89. The number of carbonyl (C=O) groups excluding carboxylic acids is 2. The standard InChI is InChI=1S/C21H19NO3/c1-15-9-11-18(12-10-15)22-20(23)14-25-21(24)13-17-7-4-6-16-5-2-3-8-19(16)17/h2-12H,13-14H2,1H3,(H,22,23). The minimum atomic E-state index is -0.421. The second-order valence-electron chi connectivity index (χ2n) is 5.89. The van der Waals surface area contributed by atoms with Gasteiger partial charge in [0.2, 0.25) is 0 Å². The van der Waals surface area contributed by atoms with Gasteiger partial charge in [0, 0.05) is 5.69 Å². The lowest BCUT2D eigenvalue weighted by molar-refractivity contribution is -0.146. The van der Waals surface area contributed by atoms with Crippen molar-refractivity contribution in [1.82, 2.24) is 0 Å². The topological polar surface area (TPSA) is 55.4 Å². The van der Waals surface area contributed by atoms with Crippen LogP contribution in [0.3, 0.4) is 0 Å². The van der Waals surface area contributed by atoms with Gasteiger partial charge in [-0.15, -0.1) is 0 Å². The van der Waals surface area contributed by atoms with E-state index >= 15 is 0 Å². The van der Waals surface area contributed by atoms with Crippen molar-refractivity contribution in [3.8, 4) is 0 Å². The lowest BCUT2D eigenvalue weighted by Gasteiger charge is -2.08. The third-order valence-corrected chi connectivity index (χ3v) is 3.91. The van der Waals surface area contributed by atoms with Crippen LogP contribution in [0.5, 0.6) is 0 Å². The SMILES string of the molecule is Cc1ccc(NC(=O)COC(=O)Cc2cccc3ccccc23)cc1. The van der Waals surface area contributed by atoms with E-state index in [9.17, 15) is 9.59 Å². The molecule has 3 rings (SSSR count). The van der Waals surface area contributed by atoms with Crippen LogP contribution < -0.4 is 5.32 Å². The van der Waals surface area contributed by atoms with Gasteiger partial charge in [0.15, 0.2) is 6.61 Å². The first-order valence-corrected chi connectivity index (χ1v) is 8.10. The van der Waals surface area contributed by atoms with E-state index in [1.165, 1.54) is 0 Å². The molecular weight excluding hydrogens is 314 g/mol. The lowest BCUT2D eigenvalue weighted by atomic mass is 10.0. The molecule has 4 heteroatoms. The van der Waals surface area contributed by atoms with Crippen molar-refractivity contribution >= 4 is 28.3 Å². The monoisotopic (exact) mass is 333 g/mol. The quantitative estimate of drug-likeness (QED) is 0.721. The summed E-state index contributed by atoms with van der Waals surface area (Å²) in [6.07, 6.45) is 0.138. The maximum Gasteiger partial charge on any atom is 0.310 e. The Kier molecular flexibility index (Phi) is 5.09. The fourth-order valence-corrected chi connectivity index (χ4v) is 2.63. The Labute approximate surface area is 146 Å². The summed E-state index contributed by atoms with van der Waals surface area (Å²) in [5, 5.41) is 4.80. The van der Waals surface area contributed by atoms with E-state index < -0.39 is 5.97 Å². The minimum Gasteiger partial charge on any atom is -0.455 e. The first-order chi connectivity index (χ1) is 12.1. The van der Waals surface area contributed by atoms with Gasteiger partial charge >= 0.3 is 5.97 Å². The molecule has 3 aromatic carbocycles. The highest BCUT2D eigenvalue weighted by Crippen LogP contribution is 2.19. The Morgan fingerprint density at radius 3 is 2.44 bits per heavy atom. The maximum atomic E-state index is 12.1.